The highest BCUT2D eigenvalue weighted by atomic mass is 16.2. The molecular formula is C16H21NO2. The Bertz CT molecular complexity index is 466. The van der Waals surface area contributed by atoms with Crippen LogP contribution in [-0.4, -0.2) is 23.7 Å². The zero-order valence-corrected chi connectivity index (χ0v) is 11.7. The Morgan fingerprint density at radius 1 is 1.26 bits per heavy atom. The summed E-state index contributed by atoms with van der Waals surface area (Å²) in [7, 11) is 0. The van der Waals surface area contributed by atoms with Crippen LogP contribution in [0.25, 0.3) is 0 Å². The Morgan fingerprint density at radius 2 is 1.89 bits per heavy atom. The summed E-state index contributed by atoms with van der Waals surface area (Å²) >= 11 is 0. The van der Waals surface area contributed by atoms with E-state index in [1.54, 1.807) is 12.1 Å². The van der Waals surface area contributed by atoms with E-state index in [1.807, 2.05) is 19.1 Å². The topological polar surface area (TPSA) is 49.3 Å². The molecule has 2 N–H and O–H groups in total. The van der Waals surface area contributed by atoms with Gasteiger partial charge in [0, 0.05) is 23.6 Å². The van der Waals surface area contributed by atoms with Crippen LogP contribution in [0.1, 0.15) is 43.1 Å². The highest BCUT2D eigenvalue weighted by Gasteiger charge is 2.11. The van der Waals surface area contributed by atoms with Gasteiger partial charge in [-0.25, -0.2) is 0 Å². The van der Waals surface area contributed by atoms with E-state index in [2.05, 4.69) is 31.0 Å². The smallest absolute Gasteiger partial charge is 0.251 e. The quantitative estimate of drug-likeness (QED) is 0.814. The molecule has 0 aliphatic carbocycles. The lowest BCUT2D eigenvalue weighted by Gasteiger charge is -2.17. The van der Waals surface area contributed by atoms with Gasteiger partial charge in [-0.2, -0.15) is 0 Å². The van der Waals surface area contributed by atoms with Crippen LogP contribution in [0.15, 0.2) is 24.3 Å². The van der Waals surface area contributed by atoms with Gasteiger partial charge >= 0.3 is 0 Å². The van der Waals surface area contributed by atoms with Crippen molar-refractivity contribution in [2.75, 3.05) is 6.61 Å². The van der Waals surface area contributed by atoms with Gasteiger partial charge in [-0.15, -0.1) is 0 Å². The van der Waals surface area contributed by atoms with Crippen molar-refractivity contribution in [3.63, 3.8) is 0 Å². The summed E-state index contributed by atoms with van der Waals surface area (Å²) in [6, 6.07) is 7.33. The molecule has 102 valence electrons. The van der Waals surface area contributed by atoms with E-state index in [4.69, 9.17) is 5.11 Å². The minimum Gasteiger partial charge on any atom is -0.395 e. The minimum atomic E-state index is -0.0592. The molecule has 0 radical (unpaired) electrons. The van der Waals surface area contributed by atoms with E-state index in [0.29, 0.717) is 17.9 Å². The van der Waals surface area contributed by atoms with Gasteiger partial charge in [0.05, 0.1) is 6.61 Å². The summed E-state index contributed by atoms with van der Waals surface area (Å²) < 4.78 is 0. The van der Waals surface area contributed by atoms with Crippen LogP contribution in [0, 0.1) is 17.8 Å². The maximum absolute atomic E-state index is 12.0. The van der Waals surface area contributed by atoms with Crippen molar-refractivity contribution in [2.24, 2.45) is 5.92 Å². The summed E-state index contributed by atoms with van der Waals surface area (Å²) in [5, 5.41) is 11.6. The zero-order valence-electron chi connectivity index (χ0n) is 11.7. The van der Waals surface area contributed by atoms with Crippen LogP contribution in [0.2, 0.25) is 0 Å². The standard InChI is InChI=1S/C16H21NO2/c1-12(2)13(3)17-16(19)15-9-7-14(8-10-15)6-4-5-11-18/h7-10,12-13,18H,5,11H2,1-3H3,(H,17,19). The molecule has 0 aliphatic rings. The van der Waals surface area contributed by atoms with Gasteiger partial charge in [0.25, 0.3) is 5.91 Å². The first-order valence-corrected chi connectivity index (χ1v) is 6.55. The van der Waals surface area contributed by atoms with Crippen molar-refractivity contribution in [3.8, 4) is 11.8 Å². The molecule has 3 heteroatoms. The molecule has 0 spiro atoms. The molecular weight excluding hydrogens is 238 g/mol. The van der Waals surface area contributed by atoms with Crippen molar-refractivity contribution >= 4 is 5.91 Å². The molecule has 0 fully saturated rings. The first-order chi connectivity index (χ1) is 9.04. The van der Waals surface area contributed by atoms with E-state index in [0.717, 1.165) is 5.56 Å². The largest absolute Gasteiger partial charge is 0.395 e. The first kappa shape index (κ1) is 15.3. The highest BCUT2D eigenvalue weighted by molar-refractivity contribution is 5.94. The zero-order chi connectivity index (χ0) is 14.3. The molecule has 0 saturated carbocycles. The second-order valence-corrected chi connectivity index (χ2v) is 4.86. The van der Waals surface area contributed by atoms with Crippen LogP contribution >= 0.6 is 0 Å². The van der Waals surface area contributed by atoms with E-state index in [-0.39, 0.29) is 18.6 Å². The lowest BCUT2D eigenvalue weighted by Crippen LogP contribution is -2.36. The predicted octanol–water partition coefficient (Wildman–Crippen LogP) is 2.19. The molecule has 1 atom stereocenters. The van der Waals surface area contributed by atoms with E-state index in [1.165, 1.54) is 0 Å². The van der Waals surface area contributed by atoms with Gasteiger partial charge in [0.15, 0.2) is 0 Å². The van der Waals surface area contributed by atoms with Crippen LogP contribution < -0.4 is 5.32 Å². The molecule has 0 saturated heterocycles. The third-order valence-corrected chi connectivity index (χ3v) is 2.98. The van der Waals surface area contributed by atoms with Crippen LogP contribution in [0.4, 0.5) is 0 Å². The highest BCUT2D eigenvalue weighted by Crippen LogP contribution is 2.06. The number of carbonyl (C=O) groups is 1. The number of nitrogens with one attached hydrogen (secondary N) is 1. The number of rotatable bonds is 4. The lowest BCUT2D eigenvalue weighted by atomic mass is 10.1. The van der Waals surface area contributed by atoms with Crippen LogP contribution in [-0.2, 0) is 0 Å². The molecule has 1 amide bonds. The SMILES string of the molecule is CC(C)C(C)NC(=O)c1ccc(C#CCCO)cc1. The molecule has 19 heavy (non-hydrogen) atoms. The van der Waals surface area contributed by atoms with E-state index < -0.39 is 0 Å². The van der Waals surface area contributed by atoms with Crippen molar-refractivity contribution < 1.29 is 9.90 Å². The number of hydrogen-bond donors (Lipinski definition) is 2. The number of benzene rings is 1. The lowest BCUT2D eigenvalue weighted by molar-refractivity contribution is 0.0930. The molecule has 1 rings (SSSR count). The van der Waals surface area contributed by atoms with Gasteiger partial charge in [-0.05, 0) is 37.1 Å². The second kappa shape index (κ2) is 7.60. The fourth-order valence-electron chi connectivity index (χ4n) is 1.38. The molecule has 0 bridgehead atoms. The van der Waals surface area contributed by atoms with Gasteiger partial charge in [0.2, 0.25) is 0 Å². The Labute approximate surface area is 115 Å². The Balaban J connectivity index is 2.66. The second-order valence-electron chi connectivity index (χ2n) is 4.86. The summed E-state index contributed by atoms with van der Waals surface area (Å²) in [5.41, 5.74) is 1.49. The number of carbonyl (C=O) groups excluding carboxylic acids is 1. The summed E-state index contributed by atoms with van der Waals surface area (Å²) in [6.07, 6.45) is 0.466. The third-order valence-electron chi connectivity index (χ3n) is 2.98. The number of hydrogen-bond acceptors (Lipinski definition) is 2. The van der Waals surface area contributed by atoms with E-state index in [9.17, 15) is 4.79 Å². The molecule has 0 heterocycles. The predicted molar refractivity (Wildman–Crippen MR) is 76.8 cm³/mol. The number of amides is 1. The molecule has 0 aromatic heterocycles. The average Bonchev–Trinajstić information content (AvgIpc) is 2.39. The molecule has 3 nitrogen and oxygen atoms in total. The average molecular weight is 259 g/mol. The number of aliphatic hydroxyl groups is 1. The van der Waals surface area contributed by atoms with Gasteiger partial charge in [-0.1, -0.05) is 25.7 Å². The van der Waals surface area contributed by atoms with Crippen LogP contribution in [0.3, 0.4) is 0 Å². The fraction of sp³-hybridized carbons (Fsp3) is 0.438. The third kappa shape index (κ3) is 5.15. The Hall–Kier alpha value is -1.79. The summed E-state index contributed by atoms with van der Waals surface area (Å²) in [6.45, 7) is 6.22. The summed E-state index contributed by atoms with van der Waals surface area (Å²) in [5.74, 6) is 6.13. The van der Waals surface area contributed by atoms with Crippen molar-refractivity contribution in [1.82, 2.24) is 5.32 Å². The molecule has 1 unspecified atom stereocenters. The molecule has 1 aromatic rings. The maximum Gasteiger partial charge on any atom is 0.251 e. The maximum atomic E-state index is 12.0. The first-order valence-electron chi connectivity index (χ1n) is 6.55. The van der Waals surface area contributed by atoms with Gasteiger partial charge in [0.1, 0.15) is 0 Å². The Kier molecular flexibility index (Phi) is 6.11. The normalized spacial score (nSPS) is 11.6. The van der Waals surface area contributed by atoms with Gasteiger partial charge < -0.3 is 10.4 Å². The minimum absolute atomic E-state index is 0.0592. The van der Waals surface area contributed by atoms with E-state index >= 15 is 0 Å². The number of aliphatic hydroxyl groups excluding tert-OH is 1. The van der Waals surface area contributed by atoms with Crippen LogP contribution in [0.5, 0.6) is 0 Å². The van der Waals surface area contributed by atoms with Crippen molar-refractivity contribution in [3.05, 3.63) is 35.4 Å². The van der Waals surface area contributed by atoms with Crippen molar-refractivity contribution in [2.45, 2.75) is 33.2 Å². The molecule has 1 aromatic carbocycles. The molecule has 0 aliphatic heterocycles. The Morgan fingerprint density at radius 3 is 2.42 bits per heavy atom. The van der Waals surface area contributed by atoms with Crippen molar-refractivity contribution in [1.29, 1.82) is 0 Å². The monoisotopic (exact) mass is 259 g/mol. The van der Waals surface area contributed by atoms with Gasteiger partial charge in [-0.3, -0.25) is 4.79 Å². The summed E-state index contributed by atoms with van der Waals surface area (Å²) in [4.78, 5) is 12.0. The fourth-order valence-corrected chi connectivity index (χ4v) is 1.38.